The Bertz CT molecular complexity index is 506. The zero-order valence-corrected chi connectivity index (χ0v) is 14.4. The third kappa shape index (κ3) is 3.18. The molecule has 0 radical (unpaired) electrons. The SMILES string of the molecule is OCc1nnc(C2CC(NC3CSCCSC3)C2)n1C1CC1. The summed E-state index contributed by atoms with van der Waals surface area (Å²) in [6.45, 7) is 0.00835. The maximum atomic E-state index is 9.44. The monoisotopic (exact) mass is 340 g/mol. The number of hydrogen-bond acceptors (Lipinski definition) is 6. The van der Waals surface area contributed by atoms with Gasteiger partial charge in [0.2, 0.25) is 0 Å². The molecule has 2 saturated carbocycles. The molecule has 2 heterocycles. The van der Waals surface area contributed by atoms with E-state index in [1.54, 1.807) is 0 Å². The molecule has 1 aromatic rings. The fourth-order valence-electron chi connectivity index (χ4n) is 3.47. The van der Waals surface area contributed by atoms with Gasteiger partial charge < -0.3 is 15.0 Å². The zero-order chi connectivity index (χ0) is 14.9. The standard InChI is InChI=1S/C15H24N4OS2/c20-7-14-17-18-15(19(14)13-1-2-13)10-5-11(6-10)16-12-8-21-3-4-22-9-12/h10-13,16,20H,1-9H2. The quantitative estimate of drug-likeness (QED) is 0.852. The lowest BCUT2D eigenvalue weighted by Crippen LogP contribution is -2.47. The Labute approximate surface area is 140 Å². The second-order valence-corrected chi connectivity index (χ2v) is 8.91. The third-order valence-corrected chi connectivity index (χ3v) is 7.35. The van der Waals surface area contributed by atoms with Crippen LogP contribution in [-0.4, -0.2) is 55.0 Å². The van der Waals surface area contributed by atoms with Crippen molar-refractivity contribution >= 4 is 23.5 Å². The summed E-state index contributed by atoms with van der Waals surface area (Å²) in [5.41, 5.74) is 0. The van der Waals surface area contributed by atoms with E-state index < -0.39 is 0 Å². The fourth-order valence-corrected chi connectivity index (χ4v) is 5.89. The summed E-state index contributed by atoms with van der Waals surface area (Å²) in [5, 5.41) is 21.8. The van der Waals surface area contributed by atoms with Gasteiger partial charge in [-0.3, -0.25) is 0 Å². The van der Waals surface area contributed by atoms with Crippen LogP contribution in [0.2, 0.25) is 0 Å². The number of hydrogen-bond donors (Lipinski definition) is 2. The maximum absolute atomic E-state index is 9.44. The van der Waals surface area contributed by atoms with Gasteiger partial charge in [-0.15, -0.1) is 10.2 Å². The molecule has 1 aliphatic heterocycles. The molecule has 0 atom stereocenters. The number of aromatic nitrogens is 3. The van der Waals surface area contributed by atoms with Crippen molar-refractivity contribution in [2.45, 2.75) is 56.3 Å². The van der Waals surface area contributed by atoms with Gasteiger partial charge in [0.25, 0.3) is 0 Å². The molecule has 2 N–H and O–H groups in total. The Morgan fingerprint density at radius 1 is 1.09 bits per heavy atom. The lowest BCUT2D eigenvalue weighted by Gasteiger charge is -2.37. The van der Waals surface area contributed by atoms with Gasteiger partial charge in [-0.25, -0.2) is 0 Å². The summed E-state index contributed by atoms with van der Waals surface area (Å²) in [6, 6.07) is 1.85. The Kier molecular flexibility index (Phi) is 4.66. The van der Waals surface area contributed by atoms with Crippen molar-refractivity contribution < 1.29 is 5.11 Å². The van der Waals surface area contributed by atoms with Crippen LogP contribution in [0, 0.1) is 0 Å². The minimum Gasteiger partial charge on any atom is -0.388 e. The van der Waals surface area contributed by atoms with Crippen molar-refractivity contribution in [2.75, 3.05) is 23.0 Å². The number of aliphatic hydroxyl groups is 1. The van der Waals surface area contributed by atoms with Crippen molar-refractivity contribution in [2.24, 2.45) is 0 Å². The predicted molar refractivity (Wildman–Crippen MR) is 91.6 cm³/mol. The number of nitrogens with zero attached hydrogens (tertiary/aromatic N) is 3. The normalized spacial score (nSPS) is 30.0. The highest BCUT2D eigenvalue weighted by molar-refractivity contribution is 8.03. The minimum atomic E-state index is 0.00835. The van der Waals surface area contributed by atoms with E-state index in [1.165, 1.54) is 48.7 Å². The van der Waals surface area contributed by atoms with Crippen LogP contribution >= 0.6 is 23.5 Å². The first-order valence-corrected chi connectivity index (χ1v) is 10.6. The molecule has 3 fully saturated rings. The van der Waals surface area contributed by atoms with E-state index >= 15 is 0 Å². The van der Waals surface area contributed by atoms with E-state index in [-0.39, 0.29) is 6.61 Å². The highest BCUT2D eigenvalue weighted by Crippen LogP contribution is 2.43. The molecule has 5 nitrogen and oxygen atoms in total. The topological polar surface area (TPSA) is 63.0 Å². The zero-order valence-electron chi connectivity index (χ0n) is 12.8. The molecule has 1 aromatic heterocycles. The van der Waals surface area contributed by atoms with E-state index in [2.05, 4.69) is 43.6 Å². The average Bonchev–Trinajstić information content (AvgIpc) is 3.28. The van der Waals surface area contributed by atoms with Crippen molar-refractivity contribution in [1.82, 2.24) is 20.1 Å². The van der Waals surface area contributed by atoms with E-state index in [0.717, 1.165) is 11.6 Å². The molecular weight excluding hydrogens is 316 g/mol. The van der Waals surface area contributed by atoms with E-state index in [9.17, 15) is 5.11 Å². The Hall–Kier alpha value is -0.240. The van der Waals surface area contributed by atoms with Gasteiger partial charge in [0.1, 0.15) is 12.4 Å². The van der Waals surface area contributed by atoms with Crippen LogP contribution < -0.4 is 5.32 Å². The second-order valence-electron chi connectivity index (χ2n) is 6.61. The van der Waals surface area contributed by atoms with Crippen molar-refractivity contribution in [3.05, 3.63) is 11.6 Å². The molecule has 0 bridgehead atoms. The van der Waals surface area contributed by atoms with Gasteiger partial charge in [0.05, 0.1) is 0 Å². The van der Waals surface area contributed by atoms with E-state index in [4.69, 9.17) is 0 Å². The molecule has 2 aliphatic carbocycles. The van der Waals surface area contributed by atoms with Crippen LogP contribution in [0.1, 0.15) is 49.3 Å². The molecule has 1 saturated heterocycles. The molecular formula is C15H24N4OS2. The third-order valence-electron chi connectivity index (χ3n) is 4.83. The Morgan fingerprint density at radius 2 is 1.82 bits per heavy atom. The summed E-state index contributed by atoms with van der Waals surface area (Å²) in [7, 11) is 0. The smallest absolute Gasteiger partial charge is 0.159 e. The second kappa shape index (κ2) is 6.71. The van der Waals surface area contributed by atoms with Gasteiger partial charge in [-0.05, 0) is 25.7 Å². The predicted octanol–water partition coefficient (Wildman–Crippen LogP) is 1.79. The molecule has 0 spiro atoms. The van der Waals surface area contributed by atoms with Gasteiger partial charge in [-0.1, -0.05) is 0 Å². The summed E-state index contributed by atoms with van der Waals surface area (Å²) in [6.07, 6.45) is 4.76. The number of thioether (sulfide) groups is 2. The van der Waals surface area contributed by atoms with Gasteiger partial charge in [0, 0.05) is 47.1 Å². The molecule has 4 rings (SSSR count). The summed E-state index contributed by atoms with van der Waals surface area (Å²) >= 11 is 4.16. The van der Waals surface area contributed by atoms with Crippen LogP contribution in [0.15, 0.2) is 0 Å². The Balaban J connectivity index is 1.34. The highest BCUT2D eigenvalue weighted by Gasteiger charge is 2.38. The first-order valence-electron chi connectivity index (χ1n) is 8.31. The molecule has 7 heteroatoms. The van der Waals surface area contributed by atoms with Crippen molar-refractivity contribution in [3.63, 3.8) is 0 Å². The largest absolute Gasteiger partial charge is 0.388 e. The number of aliphatic hydroxyl groups excluding tert-OH is 1. The van der Waals surface area contributed by atoms with Gasteiger partial charge >= 0.3 is 0 Å². The molecule has 0 amide bonds. The average molecular weight is 341 g/mol. The molecule has 122 valence electrons. The lowest BCUT2D eigenvalue weighted by molar-refractivity contribution is 0.252. The minimum absolute atomic E-state index is 0.00835. The lowest BCUT2D eigenvalue weighted by atomic mass is 9.79. The number of rotatable bonds is 5. The van der Waals surface area contributed by atoms with Crippen LogP contribution in [0.5, 0.6) is 0 Å². The highest BCUT2D eigenvalue weighted by atomic mass is 32.2. The van der Waals surface area contributed by atoms with Crippen LogP contribution in [-0.2, 0) is 6.61 Å². The molecule has 3 aliphatic rings. The van der Waals surface area contributed by atoms with Crippen LogP contribution in [0.3, 0.4) is 0 Å². The van der Waals surface area contributed by atoms with Gasteiger partial charge in [-0.2, -0.15) is 23.5 Å². The maximum Gasteiger partial charge on any atom is 0.159 e. The molecule has 22 heavy (non-hydrogen) atoms. The van der Waals surface area contributed by atoms with Crippen LogP contribution in [0.4, 0.5) is 0 Å². The van der Waals surface area contributed by atoms with E-state index in [0.29, 0.717) is 24.0 Å². The first-order chi connectivity index (χ1) is 10.8. The first kappa shape index (κ1) is 15.3. The molecule has 0 unspecified atom stereocenters. The fraction of sp³-hybridized carbons (Fsp3) is 0.867. The van der Waals surface area contributed by atoms with Crippen LogP contribution in [0.25, 0.3) is 0 Å². The number of nitrogens with one attached hydrogen (secondary N) is 1. The van der Waals surface area contributed by atoms with Crippen molar-refractivity contribution in [1.29, 1.82) is 0 Å². The van der Waals surface area contributed by atoms with E-state index in [1.807, 2.05) is 0 Å². The van der Waals surface area contributed by atoms with Crippen molar-refractivity contribution in [3.8, 4) is 0 Å². The van der Waals surface area contributed by atoms with Gasteiger partial charge in [0.15, 0.2) is 5.82 Å². The summed E-state index contributed by atoms with van der Waals surface area (Å²) < 4.78 is 2.22. The summed E-state index contributed by atoms with van der Waals surface area (Å²) in [4.78, 5) is 0. The summed E-state index contributed by atoms with van der Waals surface area (Å²) in [5.74, 6) is 7.49. The Morgan fingerprint density at radius 3 is 2.45 bits per heavy atom. The molecule has 0 aromatic carbocycles.